The molecule has 0 bridgehead atoms. The van der Waals surface area contributed by atoms with Gasteiger partial charge in [0.1, 0.15) is 22.9 Å². The fourth-order valence-corrected chi connectivity index (χ4v) is 3.63. The minimum atomic E-state index is -0.815. The molecule has 4 rings (SSSR count). The van der Waals surface area contributed by atoms with E-state index in [4.69, 9.17) is 18.0 Å². The summed E-state index contributed by atoms with van der Waals surface area (Å²) in [6.07, 6.45) is 2.89. The zero-order valence-corrected chi connectivity index (χ0v) is 16.4. The van der Waals surface area contributed by atoms with Gasteiger partial charge < -0.3 is 23.3 Å². The molecule has 4 aromatic rings. The maximum atomic E-state index is 12.5. The molecule has 10 nitrogen and oxygen atoms in total. The highest BCUT2D eigenvalue weighted by Gasteiger charge is 2.24. The summed E-state index contributed by atoms with van der Waals surface area (Å²) < 4.78 is 21.5. The topological polar surface area (TPSA) is 130 Å². The lowest BCUT2D eigenvalue weighted by Crippen LogP contribution is -2.26. The molecule has 30 heavy (non-hydrogen) atoms. The van der Waals surface area contributed by atoms with Gasteiger partial charge in [0.25, 0.3) is 5.89 Å². The Kier molecular flexibility index (Phi) is 5.35. The third-order valence-corrected chi connectivity index (χ3v) is 4.84. The monoisotopic (exact) mass is 429 g/mol. The molecule has 1 amide bonds. The Morgan fingerprint density at radius 2 is 1.93 bits per heavy atom. The van der Waals surface area contributed by atoms with E-state index in [0.717, 1.165) is 16.0 Å². The molecule has 4 heterocycles. The van der Waals surface area contributed by atoms with Gasteiger partial charge in [-0.05, 0) is 31.2 Å². The van der Waals surface area contributed by atoms with Crippen LogP contribution in [0, 0.1) is 0 Å². The predicted octanol–water partition coefficient (Wildman–Crippen LogP) is 3.23. The van der Waals surface area contributed by atoms with Crippen LogP contribution in [-0.4, -0.2) is 28.3 Å². The molecule has 0 aromatic carbocycles. The van der Waals surface area contributed by atoms with E-state index in [1.54, 1.807) is 36.6 Å². The summed E-state index contributed by atoms with van der Waals surface area (Å²) in [5, 5.41) is 8.52. The first kappa shape index (κ1) is 19.5. The van der Waals surface area contributed by atoms with Crippen molar-refractivity contribution < 1.29 is 27.6 Å². The van der Waals surface area contributed by atoms with E-state index >= 15 is 0 Å². The van der Waals surface area contributed by atoms with Gasteiger partial charge in [0.2, 0.25) is 5.91 Å². The average molecular weight is 429 g/mol. The molecule has 0 atom stereocenters. The number of nitrogens with zero attached hydrogens (tertiary/aromatic N) is 2. The maximum absolute atomic E-state index is 12.5. The molecule has 0 saturated carbocycles. The predicted molar refractivity (Wildman–Crippen MR) is 105 cm³/mol. The van der Waals surface area contributed by atoms with E-state index in [1.165, 1.54) is 12.5 Å². The molecule has 0 spiro atoms. The Morgan fingerprint density at radius 1 is 1.20 bits per heavy atom. The third kappa shape index (κ3) is 3.82. The number of anilines is 1. The molecule has 4 aromatic heterocycles. The van der Waals surface area contributed by atoms with E-state index in [2.05, 4.69) is 10.4 Å². The Morgan fingerprint density at radius 3 is 2.60 bits per heavy atom. The standard InChI is InChI=1S/C19H15N3O7S/c1-2-26-18(24)15-11(12-5-3-7-27-12)10-30-17(15)20-14(23)9-22-19(25)29-16(21-22)13-6-4-8-28-13/h3-8,10H,2,9H2,1H3,(H,20,23). The number of rotatable bonds is 7. The minimum Gasteiger partial charge on any atom is -0.464 e. The molecule has 0 aliphatic rings. The van der Waals surface area contributed by atoms with Crippen molar-refractivity contribution >= 4 is 28.2 Å². The van der Waals surface area contributed by atoms with E-state index in [0.29, 0.717) is 11.3 Å². The molecule has 0 aliphatic heterocycles. The van der Waals surface area contributed by atoms with Crippen molar-refractivity contribution in [2.45, 2.75) is 13.5 Å². The molecule has 0 unspecified atom stereocenters. The Hall–Kier alpha value is -3.86. The minimum absolute atomic E-state index is 0.0405. The Bertz CT molecular complexity index is 1220. The number of hydrogen-bond acceptors (Lipinski definition) is 9. The summed E-state index contributed by atoms with van der Waals surface area (Å²) in [4.78, 5) is 37.0. The van der Waals surface area contributed by atoms with Gasteiger partial charge in [-0.25, -0.2) is 9.59 Å². The summed E-state index contributed by atoms with van der Waals surface area (Å²) in [7, 11) is 0. The summed E-state index contributed by atoms with van der Waals surface area (Å²) >= 11 is 1.14. The van der Waals surface area contributed by atoms with Crippen LogP contribution in [-0.2, 0) is 16.1 Å². The number of aromatic nitrogens is 2. The van der Waals surface area contributed by atoms with Crippen LogP contribution < -0.4 is 11.1 Å². The van der Waals surface area contributed by atoms with Crippen LogP contribution in [0.3, 0.4) is 0 Å². The Labute approximate surface area is 172 Å². The van der Waals surface area contributed by atoms with Crippen molar-refractivity contribution in [3.63, 3.8) is 0 Å². The number of carbonyl (C=O) groups is 2. The molecule has 0 fully saturated rings. The van der Waals surface area contributed by atoms with Crippen molar-refractivity contribution in [1.29, 1.82) is 0 Å². The third-order valence-electron chi connectivity index (χ3n) is 3.94. The van der Waals surface area contributed by atoms with Crippen LogP contribution in [0.4, 0.5) is 5.00 Å². The van der Waals surface area contributed by atoms with Crippen molar-refractivity contribution in [2.24, 2.45) is 0 Å². The normalized spacial score (nSPS) is 10.8. The molecule has 0 aliphatic carbocycles. The zero-order chi connectivity index (χ0) is 21.1. The number of ether oxygens (including phenoxy) is 1. The lowest BCUT2D eigenvalue weighted by Gasteiger charge is -2.07. The number of carbonyl (C=O) groups excluding carboxylic acids is 2. The smallest absolute Gasteiger partial charge is 0.437 e. The first-order valence-electron chi connectivity index (χ1n) is 8.81. The molecule has 0 radical (unpaired) electrons. The number of thiophene rings is 1. The second-order valence-corrected chi connectivity index (χ2v) is 6.79. The number of amides is 1. The quantitative estimate of drug-likeness (QED) is 0.443. The van der Waals surface area contributed by atoms with Crippen LogP contribution in [0.2, 0.25) is 0 Å². The van der Waals surface area contributed by atoms with Crippen LogP contribution >= 0.6 is 11.3 Å². The van der Waals surface area contributed by atoms with E-state index in [9.17, 15) is 14.4 Å². The summed E-state index contributed by atoms with van der Waals surface area (Å²) in [6, 6.07) is 6.57. The summed E-state index contributed by atoms with van der Waals surface area (Å²) in [6.45, 7) is 1.44. The van der Waals surface area contributed by atoms with Crippen LogP contribution in [0.5, 0.6) is 0 Å². The van der Waals surface area contributed by atoms with Crippen LogP contribution in [0.1, 0.15) is 17.3 Å². The van der Waals surface area contributed by atoms with Gasteiger partial charge in [-0.1, -0.05) is 0 Å². The van der Waals surface area contributed by atoms with Crippen molar-refractivity contribution in [1.82, 2.24) is 9.78 Å². The lowest BCUT2D eigenvalue weighted by atomic mass is 10.1. The van der Waals surface area contributed by atoms with Gasteiger partial charge in [-0.2, -0.15) is 4.68 Å². The molecule has 154 valence electrons. The average Bonchev–Trinajstić information content (AvgIpc) is 3.50. The van der Waals surface area contributed by atoms with Crippen LogP contribution in [0.25, 0.3) is 23.0 Å². The summed E-state index contributed by atoms with van der Waals surface area (Å²) in [5.74, 6) is -1.30. The summed E-state index contributed by atoms with van der Waals surface area (Å²) in [5.41, 5.74) is 0.673. The second kappa shape index (κ2) is 8.25. The highest BCUT2D eigenvalue weighted by molar-refractivity contribution is 7.15. The second-order valence-electron chi connectivity index (χ2n) is 5.91. The highest BCUT2D eigenvalue weighted by atomic mass is 32.1. The number of nitrogens with one attached hydrogen (secondary N) is 1. The first-order chi connectivity index (χ1) is 14.6. The number of hydrogen-bond donors (Lipinski definition) is 1. The van der Waals surface area contributed by atoms with E-state index in [-0.39, 0.29) is 28.8 Å². The molecule has 11 heteroatoms. The van der Waals surface area contributed by atoms with E-state index < -0.39 is 24.2 Å². The number of esters is 1. The van der Waals surface area contributed by atoms with Crippen molar-refractivity contribution in [2.75, 3.05) is 11.9 Å². The molecule has 0 saturated heterocycles. The van der Waals surface area contributed by atoms with Gasteiger partial charge >= 0.3 is 11.7 Å². The first-order valence-corrected chi connectivity index (χ1v) is 9.69. The van der Waals surface area contributed by atoms with Gasteiger partial charge in [0.05, 0.1) is 19.1 Å². The molecular weight excluding hydrogens is 414 g/mol. The van der Waals surface area contributed by atoms with Gasteiger partial charge in [-0.15, -0.1) is 16.4 Å². The highest BCUT2D eigenvalue weighted by Crippen LogP contribution is 2.36. The fourth-order valence-electron chi connectivity index (χ4n) is 2.68. The zero-order valence-electron chi connectivity index (χ0n) is 15.6. The van der Waals surface area contributed by atoms with Gasteiger partial charge in [-0.3, -0.25) is 4.79 Å². The molecular formula is C19H15N3O7S. The van der Waals surface area contributed by atoms with Gasteiger partial charge in [0.15, 0.2) is 5.76 Å². The SMILES string of the molecule is CCOC(=O)c1c(-c2ccco2)csc1NC(=O)Cn1nc(-c2ccco2)oc1=O. The Balaban J connectivity index is 1.56. The molecule has 1 N–H and O–H groups in total. The van der Waals surface area contributed by atoms with Crippen molar-refractivity contribution in [3.05, 3.63) is 58.3 Å². The fraction of sp³-hybridized carbons (Fsp3) is 0.158. The van der Waals surface area contributed by atoms with Crippen molar-refractivity contribution in [3.8, 4) is 23.0 Å². The lowest BCUT2D eigenvalue weighted by molar-refractivity contribution is -0.117. The maximum Gasteiger partial charge on any atom is 0.437 e. The van der Waals surface area contributed by atoms with Gasteiger partial charge in [0, 0.05) is 10.9 Å². The van der Waals surface area contributed by atoms with E-state index in [1.807, 2.05) is 0 Å². The number of furan rings is 2. The largest absolute Gasteiger partial charge is 0.464 e. The van der Waals surface area contributed by atoms with Crippen LogP contribution in [0.15, 0.2) is 60.2 Å².